The molecule has 29 heavy (non-hydrogen) atoms. The maximum Gasteiger partial charge on any atom is 0.224 e. The number of likely N-dealkylation sites (tertiary alicyclic amines) is 2. The number of amides is 2. The van der Waals surface area contributed by atoms with Gasteiger partial charge < -0.3 is 20.4 Å². The molecule has 2 aliphatic heterocycles. The molecule has 8 heteroatoms. The molecule has 1 atom stereocenters. The number of halogens is 1. The van der Waals surface area contributed by atoms with Crippen LogP contribution in [0.2, 0.25) is 0 Å². The Morgan fingerprint density at radius 2 is 2.00 bits per heavy atom. The van der Waals surface area contributed by atoms with Crippen LogP contribution in [0.1, 0.15) is 65.2 Å². The molecule has 0 aliphatic carbocycles. The maximum atomic E-state index is 12.4. The Morgan fingerprint density at radius 3 is 2.76 bits per heavy atom. The van der Waals surface area contributed by atoms with Crippen LogP contribution < -0.4 is 10.6 Å². The van der Waals surface area contributed by atoms with Crippen LogP contribution in [-0.2, 0) is 9.59 Å². The Balaban J connectivity index is 0.00000420. The van der Waals surface area contributed by atoms with Gasteiger partial charge in [0, 0.05) is 58.7 Å². The molecule has 0 spiro atoms. The molecule has 0 bridgehead atoms. The molecule has 2 amide bonds. The van der Waals surface area contributed by atoms with Crippen molar-refractivity contribution in [2.24, 2.45) is 10.9 Å². The van der Waals surface area contributed by atoms with Gasteiger partial charge in [0.2, 0.25) is 11.8 Å². The van der Waals surface area contributed by atoms with Gasteiger partial charge in [-0.1, -0.05) is 13.3 Å². The van der Waals surface area contributed by atoms with Gasteiger partial charge >= 0.3 is 0 Å². The first-order valence-electron chi connectivity index (χ1n) is 11.2. The van der Waals surface area contributed by atoms with Crippen molar-refractivity contribution in [2.45, 2.75) is 65.2 Å². The normalized spacial score (nSPS) is 20.7. The maximum absolute atomic E-state index is 12.4. The summed E-state index contributed by atoms with van der Waals surface area (Å²) in [7, 11) is 0. The highest BCUT2D eigenvalue weighted by Crippen LogP contribution is 2.16. The lowest BCUT2D eigenvalue weighted by Gasteiger charge is -2.31. The molecule has 2 heterocycles. The lowest BCUT2D eigenvalue weighted by atomic mass is 10.00. The van der Waals surface area contributed by atoms with Crippen LogP contribution in [0.25, 0.3) is 0 Å². The fraction of sp³-hybridized carbons (Fsp3) is 0.857. The number of rotatable bonds is 8. The third-order valence-corrected chi connectivity index (χ3v) is 5.51. The van der Waals surface area contributed by atoms with Gasteiger partial charge in [0.05, 0.1) is 0 Å². The molecule has 2 aliphatic rings. The Bertz CT molecular complexity index is 529. The third kappa shape index (κ3) is 10.00. The number of nitrogens with one attached hydrogen (secondary N) is 2. The van der Waals surface area contributed by atoms with Crippen molar-refractivity contribution in [1.82, 2.24) is 20.4 Å². The Hall–Kier alpha value is -1.06. The van der Waals surface area contributed by atoms with Crippen molar-refractivity contribution in [3.63, 3.8) is 0 Å². The van der Waals surface area contributed by atoms with Crippen LogP contribution in [0.5, 0.6) is 0 Å². The molecule has 0 radical (unpaired) electrons. The van der Waals surface area contributed by atoms with Crippen molar-refractivity contribution in [1.29, 1.82) is 0 Å². The first-order valence-corrected chi connectivity index (χ1v) is 11.2. The fourth-order valence-electron chi connectivity index (χ4n) is 3.93. The van der Waals surface area contributed by atoms with E-state index in [0.29, 0.717) is 31.8 Å². The van der Waals surface area contributed by atoms with Crippen molar-refractivity contribution in [3.05, 3.63) is 0 Å². The predicted octanol–water partition coefficient (Wildman–Crippen LogP) is 2.60. The van der Waals surface area contributed by atoms with E-state index < -0.39 is 0 Å². The summed E-state index contributed by atoms with van der Waals surface area (Å²) in [5, 5.41) is 6.50. The minimum absolute atomic E-state index is 0. The van der Waals surface area contributed by atoms with E-state index >= 15 is 0 Å². The van der Waals surface area contributed by atoms with Crippen LogP contribution in [0.3, 0.4) is 0 Å². The summed E-state index contributed by atoms with van der Waals surface area (Å²) < 4.78 is 0. The van der Waals surface area contributed by atoms with Crippen molar-refractivity contribution < 1.29 is 9.59 Å². The largest absolute Gasteiger partial charge is 0.357 e. The molecule has 0 aromatic rings. The number of guanidine groups is 1. The van der Waals surface area contributed by atoms with Crippen LogP contribution >= 0.6 is 24.0 Å². The molecule has 0 aromatic heterocycles. The average Bonchev–Trinajstić information content (AvgIpc) is 2.89. The van der Waals surface area contributed by atoms with E-state index in [9.17, 15) is 9.59 Å². The summed E-state index contributed by atoms with van der Waals surface area (Å²) >= 11 is 0. The average molecular weight is 521 g/mol. The van der Waals surface area contributed by atoms with Crippen molar-refractivity contribution in [3.8, 4) is 0 Å². The third-order valence-electron chi connectivity index (χ3n) is 5.51. The van der Waals surface area contributed by atoms with Crippen LogP contribution in [-0.4, -0.2) is 73.4 Å². The molecular formula is C21H40IN5O2. The topological polar surface area (TPSA) is 77.0 Å². The monoisotopic (exact) mass is 521 g/mol. The van der Waals surface area contributed by atoms with Crippen molar-refractivity contribution in [2.75, 3.05) is 45.8 Å². The lowest BCUT2D eigenvalue weighted by Crippen LogP contribution is -2.42. The molecule has 2 N–H and O–H groups in total. The zero-order valence-corrected chi connectivity index (χ0v) is 20.6. The summed E-state index contributed by atoms with van der Waals surface area (Å²) in [6.45, 7) is 9.77. The van der Waals surface area contributed by atoms with E-state index in [4.69, 9.17) is 0 Å². The highest BCUT2D eigenvalue weighted by Gasteiger charge is 2.20. The smallest absolute Gasteiger partial charge is 0.224 e. The number of nitrogens with zero attached hydrogens (tertiary/aromatic N) is 3. The first-order chi connectivity index (χ1) is 13.6. The zero-order valence-electron chi connectivity index (χ0n) is 18.3. The number of aliphatic imine (C=N–C) groups is 1. The Morgan fingerprint density at radius 1 is 1.17 bits per heavy atom. The summed E-state index contributed by atoms with van der Waals surface area (Å²) in [6, 6.07) is 0. The van der Waals surface area contributed by atoms with E-state index in [1.54, 1.807) is 0 Å². The lowest BCUT2D eigenvalue weighted by molar-refractivity contribution is -0.133. The van der Waals surface area contributed by atoms with E-state index in [1.807, 2.05) is 16.7 Å². The van der Waals surface area contributed by atoms with E-state index in [1.165, 1.54) is 6.42 Å². The predicted molar refractivity (Wildman–Crippen MR) is 129 cm³/mol. The number of carbonyl (C=O) groups is 2. The molecule has 2 fully saturated rings. The standard InChI is InChI=1S/C21H39N5O2.HI/c1-3-22-21(23-12-8-16-25-14-6-4-5-10-19(25)27)24-13-11-20(28)26-15-7-9-18(2)17-26;/h18H,3-17H2,1-2H3,(H2,22,23,24);1H. The highest BCUT2D eigenvalue weighted by molar-refractivity contribution is 14.0. The molecule has 2 rings (SSSR count). The van der Waals surface area contributed by atoms with Crippen molar-refractivity contribution >= 4 is 41.8 Å². The first kappa shape index (κ1) is 26.0. The van der Waals surface area contributed by atoms with Gasteiger partial charge in [-0.3, -0.25) is 14.6 Å². The minimum atomic E-state index is 0. The Labute approximate surface area is 193 Å². The van der Waals surface area contributed by atoms with Crippen LogP contribution in [0, 0.1) is 5.92 Å². The zero-order chi connectivity index (χ0) is 20.2. The highest BCUT2D eigenvalue weighted by atomic mass is 127. The second-order valence-electron chi connectivity index (χ2n) is 8.07. The van der Waals surface area contributed by atoms with Gasteiger partial charge in [-0.05, 0) is 44.9 Å². The van der Waals surface area contributed by atoms with Gasteiger partial charge in [0.1, 0.15) is 0 Å². The molecule has 7 nitrogen and oxygen atoms in total. The SMILES string of the molecule is CCNC(=NCCCN1CCCCCC1=O)NCCC(=O)N1CCCC(C)C1.I. The van der Waals surface area contributed by atoms with Crippen LogP contribution in [0.15, 0.2) is 4.99 Å². The summed E-state index contributed by atoms with van der Waals surface area (Å²) in [5.74, 6) is 1.89. The molecule has 0 saturated carbocycles. The second-order valence-corrected chi connectivity index (χ2v) is 8.07. The summed E-state index contributed by atoms with van der Waals surface area (Å²) in [4.78, 5) is 33.0. The molecule has 0 aromatic carbocycles. The van der Waals surface area contributed by atoms with E-state index in [2.05, 4.69) is 22.5 Å². The fourth-order valence-corrected chi connectivity index (χ4v) is 3.93. The molecule has 168 valence electrons. The quantitative estimate of drug-likeness (QED) is 0.223. The van der Waals surface area contributed by atoms with Gasteiger partial charge in [-0.25, -0.2) is 0 Å². The molecule has 1 unspecified atom stereocenters. The Kier molecular flexibility index (Phi) is 13.3. The van der Waals surface area contributed by atoms with Gasteiger partial charge in [-0.2, -0.15) is 0 Å². The van der Waals surface area contributed by atoms with Gasteiger partial charge in [0.25, 0.3) is 0 Å². The summed E-state index contributed by atoms with van der Waals surface area (Å²) in [6.07, 6.45) is 7.69. The number of piperidine rings is 1. The van der Waals surface area contributed by atoms with E-state index in [0.717, 1.165) is 70.8 Å². The number of carbonyl (C=O) groups excluding carboxylic acids is 2. The summed E-state index contributed by atoms with van der Waals surface area (Å²) in [5.41, 5.74) is 0. The molecular weight excluding hydrogens is 481 g/mol. The second kappa shape index (κ2) is 14.8. The number of hydrogen-bond acceptors (Lipinski definition) is 3. The van der Waals surface area contributed by atoms with Gasteiger partial charge in [-0.15, -0.1) is 24.0 Å². The number of hydrogen-bond donors (Lipinski definition) is 2. The minimum Gasteiger partial charge on any atom is -0.357 e. The van der Waals surface area contributed by atoms with Crippen LogP contribution in [0.4, 0.5) is 0 Å². The van der Waals surface area contributed by atoms with Gasteiger partial charge in [0.15, 0.2) is 5.96 Å². The molecule has 2 saturated heterocycles. The van der Waals surface area contributed by atoms with E-state index in [-0.39, 0.29) is 35.8 Å².